The van der Waals surface area contributed by atoms with Gasteiger partial charge >= 0.3 is 0 Å². The Kier molecular flexibility index (Phi) is 4.88. The van der Waals surface area contributed by atoms with Gasteiger partial charge in [0.25, 0.3) is 0 Å². The Hall–Kier alpha value is -0.520. The first-order valence-electron chi connectivity index (χ1n) is 7.72. The zero-order valence-corrected chi connectivity index (χ0v) is 11.5. The van der Waals surface area contributed by atoms with Crippen LogP contribution in [0.2, 0.25) is 0 Å². The molecule has 0 spiro atoms. The molecule has 0 aliphatic heterocycles. The maximum Gasteiger partial charge on any atom is 0.00668 e. The standard InChI is InChI=1S/C17H28/c1-2-3-4-5-6-7-8-9-12-17-13-10-16(15-17)11-14-17/h9-10,12-13,16H,2-8,11,14-15H2,1H3. The van der Waals surface area contributed by atoms with E-state index in [1.165, 1.54) is 64.2 Å². The summed E-state index contributed by atoms with van der Waals surface area (Å²) in [6.07, 6.45) is 23.9. The van der Waals surface area contributed by atoms with Crippen LogP contribution >= 0.6 is 0 Å². The number of hydrogen-bond donors (Lipinski definition) is 0. The van der Waals surface area contributed by atoms with Crippen molar-refractivity contribution in [2.24, 2.45) is 11.3 Å². The van der Waals surface area contributed by atoms with Crippen molar-refractivity contribution in [3.63, 3.8) is 0 Å². The molecule has 0 heterocycles. The number of allylic oxidation sites excluding steroid dienone is 4. The predicted octanol–water partition coefficient (Wildman–Crippen LogP) is 5.65. The van der Waals surface area contributed by atoms with Crippen LogP contribution in [0.5, 0.6) is 0 Å². The highest BCUT2D eigenvalue weighted by molar-refractivity contribution is 5.22. The van der Waals surface area contributed by atoms with Gasteiger partial charge in [0.1, 0.15) is 0 Å². The lowest BCUT2D eigenvalue weighted by Crippen LogP contribution is -2.06. The normalized spacial score (nSPS) is 30.8. The molecule has 0 aromatic carbocycles. The van der Waals surface area contributed by atoms with Gasteiger partial charge in [-0.3, -0.25) is 0 Å². The molecule has 0 N–H and O–H groups in total. The van der Waals surface area contributed by atoms with Crippen LogP contribution in [0.4, 0.5) is 0 Å². The molecule has 1 saturated carbocycles. The van der Waals surface area contributed by atoms with Gasteiger partial charge in [-0.15, -0.1) is 0 Å². The molecule has 0 radical (unpaired) electrons. The largest absolute Gasteiger partial charge is 0.0877 e. The summed E-state index contributed by atoms with van der Waals surface area (Å²) in [5, 5.41) is 0. The zero-order chi connectivity index (χ0) is 12.0. The predicted molar refractivity (Wildman–Crippen MR) is 76.0 cm³/mol. The second kappa shape index (κ2) is 6.42. The SMILES string of the molecule is CCCCCCCCC=CC12C=CC(CC1)C2. The first kappa shape index (κ1) is 12.9. The van der Waals surface area contributed by atoms with Gasteiger partial charge < -0.3 is 0 Å². The lowest BCUT2D eigenvalue weighted by molar-refractivity contribution is 0.520. The third kappa shape index (κ3) is 3.72. The third-order valence-electron chi connectivity index (χ3n) is 4.50. The Bertz CT molecular complexity index is 274. The van der Waals surface area contributed by atoms with E-state index in [2.05, 4.69) is 31.2 Å². The van der Waals surface area contributed by atoms with E-state index in [0.29, 0.717) is 5.41 Å². The van der Waals surface area contributed by atoms with Crippen LogP contribution in [0.25, 0.3) is 0 Å². The molecule has 0 saturated heterocycles. The summed E-state index contributed by atoms with van der Waals surface area (Å²) in [4.78, 5) is 0. The molecule has 0 nitrogen and oxygen atoms in total. The van der Waals surface area contributed by atoms with E-state index in [4.69, 9.17) is 0 Å². The highest BCUT2D eigenvalue weighted by Gasteiger charge is 2.38. The first-order chi connectivity index (χ1) is 8.35. The first-order valence-corrected chi connectivity index (χ1v) is 7.72. The van der Waals surface area contributed by atoms with Crippen molar-refractivity contribution in [1.82, 2.24) is 0 Å². The molecular formula is C17H28. The van der Waals surface area contributed by atoms with Gasteiger partial charge in [0.15, 0.2) is 0 Å². The molecule has 2 bridgehead atoms. The summed E-state index contributed by atoms with van der Waals surface area (Å²) in [7, 11) is 0. The summed E-state index contributed by atoms with van der Waals surface area (Å²) in [5.41, 5.74) is 0.493. The average molecular weight is 232 g/mol. The number of rotatable bonds is 8. The molecular weight excluding hydrogens is 204 g/mol. The molecule has 0 aromatic rings. The van der Waals surface area contributed by atoms with Crippen LogP contribution in [0.15, 0.2) is 24.3 Å². The Morgan fingerprint density at radius 1 is 1.18 bits per heavy atom. The van der Waals surface area contributed by atoms with Crippen LogP contribution in [0, 0.1) is 11.3 Å². The van der Waals surface area contributed by atoms with Gasteiger partial charge in [0.05, 0.1) is 0 Å². The minimum Gasteiger partial charge on any atom is -0.0877 e. The Labute approximate surface area is 107 Å². The topological polar surface area (TPSA) is 0 Å². The zero-order valence-electron chi connectivity index (χ0n) is 11.5. The summed E-state index contributed by atoms with van der Waals surface area (Å²) in [6.45, 7) is 2.28. The van der Waals surface area contributed by atoms with Crippen LogP contribution in [-0.2, 0) is 0 Å². The van der Waals surface area contributed by atoms with Gasteiger partial charge in [-0.25, -0.2) is 0 Å². The van der Waals surface area contributed by atoms with E-state index in [0.717, 1.165) is 5.92 Å². The molecule has 2 unspecified atom stereocenters. The second-order valence-electron chi connectivity index (χ2n) is 6.05. The van der Waals surface area contributed by atoms with Gasteiger partial charge in [-0.1, -0.05) is 63.3 Å². The van der Waals surface area contributed by atoms with Gasteiger partial charge in [-0.05, 0) is 38.0 Å². The highest BCUT2D eigenvalue weighted by atomic mass is 14.4. The average Bonchev–Trinajstić information content (AvgIpc) is 2.93. The Morgan fingerprint density at radius 3 is 2.65 bits per heavy atom. The van der Waals surface area contributed by atoms with Crippen molar-refractivity contribution < 1.29 is 0 Å². The van der Waals surface area contributed by atoms with E-state index < -0.39 is 0 Å². The number of fused-ring (bicyclic) bond motifs is 2. The molecule has 17 heavy (non-hydrogen) atoms. The lowest BCUT2D eigenvalue weighted by Gasteiger charge is -2.17. The Balaban J connectivity index is 1.55. The van der Waals surface area contributed by atoms with E-state index in [9.17, 15) is 0 Å². The fourth-order valence-corrected chi connectivity index (χ4v) is 3.36. The third-order valence-corrected chi connectivity index (χ3v) is 4.50. The number of unbranched alkanes of at least 4 members (excludes halogenated alkanes) is 6. The van der Waals surface area contributed by atoms with Gasteiger partial charge in [0.2, 0.25) is 0 Å². The molecule has 1 fully saturated rings. The molecule has 2 aliphatic carbocycles. The molecule has 2 atom stereocenters. The van der Waals surface area contributed by atoms with Crippen molar-refractivity contribution in [3.8, 4) is 0 Å². The van der Waals surface area contributed by atoms with Crippen LogP contribution < -0.4 is 0 Å². The summed E-state index contributed by atoms with van der Waals surface area (Å²) >= 11 is 0. The van der Waals surface area contributed by atoms with Crippen LogP contribution in [0.1, 0.15) is 71.1 Å². The van der Waals surface area contributed by atoms with E-state index in [-0.39, 0.29) is 0 Å². The van der Waals surface area contributed by atoms with Crippen molar-refractivity contribution in [1.29, 1.82) is 0 Å². The Morgan fingerprint density at radius 2 is 2.00 bits per heavy atom. The minimum absolute atomic E-state index is 0.493. The monoisotopic (exact) mass is 232 g/mol. The highest BCUT2D eigenvalue weighted by Crippen LogP contribution is 2.50. The fourth-order valence-electron chi connectivity index (χ4n) is 3.36. The van der Waals surface area contributed by atoms with Gasteiger partial charge in [-0.2, -0.15) is 0 Å². The maximum absolute atomic E-state index is 2.52. The summed E-state index contributed by atoms with van der Waals surface area (Å²) in [5.74, 6) is 0.911. The second-order valence-corrected chi connectivity index (χ2v) is 6.05. The van der Waals surface area contributed by atoms with Crippen molar-refractivity contribution in [2.45, 2.75) is 71.1 Å². The van der Waals surface area contributed by atoms with Crippen molar-refractivity contribution >= 4 is 0 Å². The van der Waals surface area contributed by atoms with E-state index in [1.807, 2.05) is 0 Å². The summed E-state index contributed by atoms with van der Waals surface area (Å²) < 4.78 is 0. The van der Waals surface area contributed by atoms with Crippen LogP contribution in [0.3, 0.4) is 0 Å². The van der Waals surface area contributed by atoms with E-state index in [1.54, 1.807) is 0 Å². The summed E-state index contributed by atoms with van der Waals surface area (Å²) in [6, 6.07) is 0. The van der Waals surface area contributed by atoms with Crippen molar-refractivity contribution in [3.05, 3.63) is 24.3 Å². The van der Waals surface area contributed by atoms with E-state index >= 15 is 0 Å². The molecule has 0 aromatic heterocycles. The molecule has 96 valence electrons. The molecule has 2 rings (SSSR count). The molecule has 2 aliphatic rings. The van der Waals surface area contributed by atoms with Crippen LogP contribution in [-0.4, -0.2) is 0 Å². The minimum atomic E-state index is 0.493. The smallest absolute Gasteiger partial charge is 0.00668 e. The number of hydrogen-bond acceptors (Lipinski definition) is 0. The fraction of sp³-hybridized carbons (Fsp3) is 0.765. The quantitative estimate of drug-likeness (QED) is 0.375. The molecule has 0 heteroatoms. The lowest BCUT2D eigenvalue weighted by atomic mass is 9.87. The maximum atomic E-state index is 2.52. The molecule has 0 amide bonds. The van der Waals surface area contributed by atoms with Gasteiger partial charge in [0, 0.05) is 5.41 Å². The van der Waals surface area contributed by atoms with Crippen molar-refractivity contribution in [2.75, 3.05) is 0 Å².